The van der Waals surface area contributed by atoms with Crippen molar-refractivity contribution in [1.82, 2.24) is 0 Å². The van der Waals surface area contributed by atoms with Crippen molar-refractivity contribution in [3.8, 4) is 0 Å². The molecule has 0 bridgehead atoms. The molecule has 0 aliphatic heterocycles. The Hall–Kier alpha value is -4.88. The number of rotatable bonds is 9. The molecule has 4 aromatic rings. The van der Waals surface area contributed by atoms with Gasteiger partial charge < -0.3 is 4.90 Å². The van der Waals surface area contributed by atoms with Gasteiger partial charge in [-0.25, -0.2) is 0 Å². The van der Waals surface area contributed by atoms with Gasteiger partial charge in [0.25, 0.3) is 0 Å². The van der Waals surface area contributed by atoms with E-state index in [1.165, 1.54) is 27.8 Å². The minimum Gasteiger partial charge on any atom is -0.311 e. The number of hydrogen-bond donors (Lipinski definition) is 0. The normalized spacial score (nSPS) is 13.6. The Balaban J connectivity index is 1.32. The smallest absolute Gasteiger partial charge is 0.0462 e. The summed E-state index contributed by atoms with van der Waals surface area (Å²) in [5, 5.41) is 0. The molecular weight excluding hydrogens is 482 g/mol. The van der Waals surface area contributed by atoms with E-state index in [0.29, 0.717) is 0 Å². The average Bonchev–Trinajstić information content (AvgIpc) is 3.01. The van der Waals surface area contributed by atoms with E-state index in [1.54, 1.807) is 0 Å². The summed E-state index contributed by atoms with van der Waals surface area (Å²) in [6, 6.07) is 36.5. The summed E-state index contributed by atoms with van der Waals surface area (Å²) in [4.78, 5) is 2.30. The summed E-state index contributed by atoms with van der Waals surface area (Å²) in [5.41, 5.74) is 9.46. The van der Waals surface area contributed by atoms with Crippen LogP contribution in [0.5, 0.6) is 0 Å². The van der Waals surface area contributed by atoms with E-state index < -0.39 is 0 Å². The van der Waals surface area contributed by atoms with Crippen molar-refractivity contribution >= 4 is 35.3 Å². The maximum absolute atomic E-state index is 2.30. The van der Waals surface area contributed by atoms with Crippen LogP contribution in [0.3, 0.4) is 0 Å². The van der Waals surface area contributed by atoms with Crippen LogP contribution >= 0.6 is 0 Å². The molecule has 0 atom stereocenters. The predicted molar refractivity (Wildman–Crippen MR) is 175 cm³/mol. The fraction of sp³-hybridized carbons (Fsp3) is 0.0769. The molecule has 196 valence electrons. The van der Waals surface area contributed by atoms with E-state index in [2.05, 4.69) is 176 Å². The topological polar surface area (TPSA) is 3.24 Å². The van der Waals surface area contributed by atoms with Crippen LogP contribution in [0.15, 0.2) is 157 Å². The van der Waals surface area contributed by atoms with Gasteiger partial charge >= 0.3 is 0 Å². The molecule has 4 aromatic carbocycles. The standard InChI is InChI=1S/C39H35N/c1-32-20-26-37(27-21-32)40(38-28-22-35(23-29-38)18-10-8-16-33-12-4-2-5-13-33)39-30-24-36(25-31-39)19-11-9-17-34-14-6-3-7-15-34/h2,4-6,8-31H,3,7H2,1H3/b16-8+,17-9+,18-10+,19-11+. The minimum absolute atomic E-state index is 1.13. The lowest BCUT2D eigenvalue weighted by Gasteiger charge is -2.26. The van der Waals surface area contributed by atoms with Crippen LogP contribution in [0.2, 0.25) is 0 Å². The molecule has 0 unspecified atom stereocenters. The third-order valence-corrected chi connectivity index (χ3v) is 6.79. The van der Waals surface area contributed by atoms with Gasteiger partial charge in [0, 0.05) is 17.1 Å². The monoisotopic (exact) mass is 517 g/mol. The number of aryl methyl sites for hydroxylation is 1. The lowest BCUT2D eigenvalue weighted by molar-refractivity contribution is 1.03. The largest absolute Gasteiger partial charge is 0.311 e. The summed E-state index contributed by atoms with van der Waals surface area (Å²) in [6.45, 7) is 2.12. The second-order valence-corrected chi connectivity index (χ2v) is 9.89. The predicted octanol–water partition coefficient (Wildman–Crippen LogP) is 11.0. The van der Waals surface area contributed by atoms with Gasteiger partial charge in [-0.2, -0.15) is 0 Å². The molecule has 5 rings (SSSR count). The lowest BCUT2D eigenvalue weighted by atomic mass is 10.1. The molecule has 0 radical (unpaired) electrons. The maximum Gasteiger partial charge on any atom is 0.0462 e. The summed E-state index contributed by atoms with van der Waals surface area (Å²) >= 11 is 0. The maximum atomic E-state index is 2.30. The van der Waals surface area contributed by atoms with E-state index in [-0.39, 0.29) is 0 Å². The second-order valence-electron chi connectivity index (χ2n) is 9.89. The minimum atomic E-state index is 1.13. The number of hydrogen-bond acceptors (Lipinski definition) is 1. The quantitative estimate of drug-likeness (QED) is 0.200. The summed E-state index contributed by atoms with van der Waals surface area (Å²) in [6.07, 6.45) is 25.9. The first-order valence-corrected chi connectivity index (χ1v) is 13.9. The number of benzene rings is 4. The highest BCUT2D eigenvalue weighted by atomic mass is 15.1. The van der Waals surface area contributed by atoms with Gasteiger partial charge in [-0.15, -0.1) is 0 Å². The van der Waals surface area contributed by atoms with Crippen LogP contribution in [0.4, 0.5) is 17.1 Å². The molecule has 0 amide bonds. The van der Waals surface area contributed by atoms with Crippen molar-refractivity contribution in [2.75, 3.05) is 4.90 Å². The van der Waals surface area contributed by atoms with Crippen molar-refractivity contribution in [3.63, 3.8) is 0 Å². The Morgan fingerprint density at radius 3 is 1.48 bits per heavy atom. The third-order valence-electron chi connectivity index (χ3n) is 6.79. The zero-order valence-corrected chi connectivity index (χ0v) is 23.0. The fourth-order valence-electron chi connectivity index (χ4n) is 4.60. The number of anilines is 3. The van der Waals surface area contributed by atoms with E-state index in [0.717, 1.165) is 29.9 Å². The van der Waals surface area contributed by atoms with Gasteiger partial charge in [-0.05, 0) is 78.4 Å². The van der Waals surface area contributed by atoms with Crippen molar-refractivity contribution in [3.05, 3.63) is 180 Å². The molecule has 1 aliphatic rings. The Morgan fingerprint density at radius 1 is 0.500 bits per heavy atom. The van der Waals surface area contributed by atoms with Crippen LogP contribution in [-0.2, 0) is 0 Å². The molecule has 1 aliphatic carbocycles. The first kappa shape index (κ1) is 26.7. The fourth-order valence-corrected chi connectivity index (χ4v) is 4.60. The van der Waals surface area contributed by atoms with Gasteiger partial charge in [0.15, 0.2) is 0 Å². The Kier molecular flexibility index (Phi) is 9.20. The molecular formula is C39H35N. The SMILES string of the molecule is Cc1ccc(N(c2ccc(/C=C/C=C/C3=CCCC=C3)cc2)c2ccc(/C=C/C=C/c3ccccc3)cc2)cc1. The first-order valence-electron chi connectivity index (χ1n) is 13.9. The van der Waals surface area contributed by atoms with Crippen LogP contribution in [0, 0.1) is 6.92 Å². The highest BCUT2D eigenvalue weighted by molar-refractivity contribution is 5.78. The molecule has 1 heteroatoms. The summed E-state index contributed by atoms with van der Waals surface area (Å²) in [5.74, 6) is 0. The molecule has 1 nitrogen and oxygen atoms in total. The Labute approximate surface area is 239 Å². The van der Waals surface area contributed by atoms with Crippen molar-refractivity contribution in [2.24, 2.45) is 0 Å². The van der Waals surface area contributed by atoms with E-state index in [4.69, 9.17) is 0 Å². The van der Waals surface area contributed by atoms with Crippen LogP contribution in [-0.4, -0.2) is 0 Å². The molecule has 0 saturated carbocycles. The van der Waals surface area contributed by atoms with Crippen molar-refractivity contribution in [2.45, 2.75) is 19.8 Å². The van der Waals surface area contributed by atoms with Gasteiger partial charge in [0.2, 0.25) is 0 Å². The Bertz CT molecular complexity index is 1540. The summed E-state index contributed by atoms with van der Waals surface area (Å²) < 4.78 is 0. The second kappa shape index (κ2) is 13.8. The zero-order valence-electron chi connectivity index (χ0n) is 23.0. The van der Waals surface area contributed by atoms with Crippen LogP contribution in [0.25, 0.3) is 18.2 Å². The van der Waals surface area contributed by atoms with Crippen molar-refractivity contribution < 1.29 is 0 Å². The zero-order chi connectivity index (χ0) is 27.4. The van der Waals surface area contributed by atoms with Gasteiger partial charge in [-0.1, -0.05) is 139 Å². The highest BCUT2D eigenvalue weighted by Crippen LogP contribution is 2.35. The molecule has 0 aromatic heterocycles. The van der Waals surface area contributed by atoms with Crippen LogP contribution < -0.4 is 4.90 Å². The molecule has 0 heterocycles. The average molecular weight is 518 g/mol. The van der Waals surface area contributed by atoms with Gasteiger partial charge in [0.1, 0.15) is 0 Å². The molecule has 0 spiro atoms. The summed E-state index contributed by atoms with van der Waals surface area (Å²) in [7, 11) is 0. The molecule has 0 saturated heterocycles. The van der Waals surface area contributed by atoms with Crippen molar-refractivity contribution in [1.29, 1.82) is 0 Å². The molecule has 0 N–H and O–H groups in total. The third kappa shape index (κ3) is 7.58. The number of allylic oxidation sites excluding steroid dienone is 9. The highest BCUT2D eigenvalue weighted by Gasteiger charge is 2.12. The first-order chi connectivity index (χ1) is 19.7. The molecule has 0 fully saturated rings. The van der Waals surface area contributed by atoms with Gasteiger partial charge in [-0.3, -0.25) is 0 Å². The van der Waals surface area contributed by atoms with E-state index in [9.17, 15) is 0 Å². The van der Waals surface area contributed by atoms with Gasteiger partial charge in [0.05, 0.1) is 0 Å². The van der Waals surface area contributed by atoms with E-state index in [1.807, 2.05) is 6.07 Å². The Morgan fingerprint density at radius 2 is 0.975 bits per heavy atom. The van der Waals surface area contributed by atoms with Crippen LogP contribution in [0.1, 0.15) is 35.1 Å². The molecule has 40 heavy (non-hydrogen) atoms. The lowest BCUT2D eigenvalue weighted by Crippen LogP contribution is -2.09. The number of nitrogens with zero attached hydrogens (tertiary/aromatic N) is 1. The van der Waals surface area contributed by atoms with E-state index >= 15 is 0 Å².